The highest BCUT2D eigenvalue weighted by atomic mass is 32.2. The Morgan fingerprint density at radius 1 is 0.911 bits per heavy atom. The Morgan fingerprint density at radius 3 is 2.24 bits per heavy atom. The van der Waals surface area contributed by atoms with Gasteiger partial charge in [-0.15, -0.1) is 0 Å². The van der Waals surface area contributed by atoms with Crippen LogP contribution in [0, 0.1) is 0 Å². The number of carbonyl (C=O) groups is 1. The van der Waals surface area contributed by atoms with E-state index in [4.69, 9.17) is 9.47 Å². The van der Waals surface area contributed by atoms with E-state index in [0.717, 1.165) is 40.4 Å². The zero-order valence-electron chi connectivity index (χ0n) is 26.9. The number of carbonyl (C=O) groups excluding carboxylic acids is 1. The SMILES string of the molecule is CCCCCCCCCCCCCCCC(=O)Nc1cccc(C2O[C@H](CSc3ncn[nH]3)C[C@H](c3ccc(CO)cc3)O2)c1. The molecule has 3 N–H and O–H groups in total. The Bertz CT molecular complexity index is 1220. The number of anilines is 1. The molecule has 3 atom stereocenters. The Morgan fingerprint density at radius 2 is 1.60 bits per heavy atom. The Hall–Kier alpha value is -2.72. The molecule has 8 nitrogen and oxygen atoms in total. The van der Waals surface area contributed by atoms with E-state index in [1.165, 1.54) is 77.0 Å². The Labute approximate surface area is 273 Å². The number of H-pyrrole nitrogens is 1. The minimum Gasteiger partial charge on any atom is -0.392 e. The molecule has 0 aliphatic carbocycles. The number of thioether (sulfide) groups is 1. The van der Waals surface area contributed by atoms with Crippen molar-refractivity contribution in [1.82, 2.24) is 15.2 Å². The number of nitrogens with zero attached hydrogens (tertiary/aromatic N) is 2. The fourth-order valence-electron chi connectivity index (χ4n) is 5.75. The van der Waals surface area contributed by atoms with Gasteiger partial charge in [-0.2, -0.15) is 5.10 Å². The number of nitrogens with one attached hydrogen (secondary N) is 2. The van der Waals surface area contributed by atoms with Crippen LogP contribution in [-0.4, -0.2) is 38.1 Å². The van der Waals surface area contributed by atoms with E-state index in [1.807, 2.05) is 48.5 Å². The lowest BCUT2D eigenvalue weighted by Crippen LogP contribution is -2.31. The predicted molar refractivity (Wildman–Crippen MR) is 181 cm³/mol. The lowest BCUT2D eigenvalue weighted by atomic mass is 10.0. The average Bonchev–Trinajstić information content (AvgIpc) is 3.60. The summed E-state index contributed by atoms with van der Waals surface area (Å²) in [6.45, 7) is 2.27. The first kappa shape index (κ1) is 35.1. The molecule has 4 rings (SSSR count). The highest BCUT2D eigenvalue weighted by Crippen LogP contribution is 2.39. The van der Waals surface area contributed by atoms with E-state index in [0.29, 0.717) is 18.6 Å². The molecule has 3 aromatic rings. The first-order chi connectivity index (χ1) is 22.1. The second-order valence-electron chi connectivity index (χ2n) is 12.1. The van der Waals surface area contributed by atoms with Gasteiger partial charge in [0.15, 0.2) is 11.4 Å². The molecule has 1 unspecified atom stereocenters. The van der Waals surface area contributed by atoms with Crippen molar-refractivity contribution >= 4 is 23.4 Å². The predicted octanol–water partition coefficient (Wildman–Crippen LogP) is 9.05. The number of hydrogen-bond acceptors (Lipinski definition) is 7. The standard InChI is InChI=1S/C36H52N4O4S/c1-2-3-4-5-6-7-8-9-10-11-12-13-14-18-34(42)39-31-17-15-16-30(23-31)35-43-32(26-45-36-37-27-38-40-36)24-33(44-35)29-21-19-28(25-41)20-22-29/h15-17,19-23,27,32-33,35,41H,2-14,18,24-26H2,1H3,(H,39,42)(H,37,38,40)/t32-,33+,35?/m0/s1. The summed E-state index contributed by atoms with van der Waals surface area (Å²) in [6, 6.07) is 15.6. The summed E-state index contributed by atoms with van der Waals surface area (Å²) in [6.07, 6.45) is 18.7. The summed E-state index contributed by atoms with van der Waals surface area (Å²) in [4.78, 5) is 17.0. The van der Waals surface area contributed by atoms with Crippen molar-refractivity contribution in [3.8, 4) is 0 Å². The maximum Gasteiger partial charge on any atom is 0.224 e. The zero-order chi connectivity index (χ0) is 31.5. The smallest absolute Gasteiger partial charge is 0.224 e. The van der Waals surface area contributed by atoms with Crippen molar-refractivity contribution < 1.29 is 19.4 Å². The number of aliphatic hydroxyl groups is 1. The third-order valence-corrected chi connectivity index (χ3v) is 9.37. The second kappa shape index (κ2) is 20.4. The van der Waals surface area contributed by atoms with Gasteiger partial charge in [0, 0.05) is 29.8 Å². The molecule has 1 aliphatic heterocycles. The Balaban J connectivity index is 1.21. The summed E-state index contributed by atoms with van der Waals surface area (Å²) in [7, 11) is 0. The number of hydrogen-bond donors (Lipinski definition) is 3. The molecule has 9 heteroatoms. The summed E-state index contributed by atoms with van der Waals surface area (Å²) < 4.78 is 12.9. The number of unbranched alkanes of at least 4 members (excludes halogenated alkanes) is 12. The van der Waals surface area contributed by atoms with E-state index < -0.39 is 6.29 Å². The van der Waals surface area contributed by atoms with Crippen LogP contribution in [0.3, 0.4) is 0 Å². The van der Waals surface area contributed by atoms with Crippen LogP contribution in [0.2, 0.25) is 0 Å². The number of aliphatic hydroxyl groups excluding tert-OH is 1. The molecule has 2 heterocycles. The van der Waals surface area contributed by atoms with Crippen molar-refractivity contribution in [3.05, 3.63) is 71.5 Å². The van der Waals surface area contributed by atoms with Gasteiger partial charge in [-0.25, -0.2) is 4.98 Å². The minimum absolute atomic E-state index is 0.00581. The maximum absolute atomic E-state index is 12.7. The molecule has 2 aromatic carbocycles. The van der Waals surface area contributed by atoms with Crippen molar-refractivity contribution in [3.63, 3.8) is 0 Å². The van der Waals surface area contributed by atoms with E-state index in [9.17, 15) is 9.90 Å². The largest absolute Gasteiger partial charge is 0.392 e. The van der Waals surface area contributed by atoms with Crippen LogP contribution >= 0.6 is 11.8 Å². The van der Waals surface area contributed by atoms with Crippen LogP contribution in [0.1, 0.15) is 132 Å². The fraction of sp³-hybridized carbons (Fsp3) is 0.583. The molecule has 1 aliphatic rings. The third kappa shape index (κ3) is 12.9. The second-order valence-corrected chi connectivity index (χ2v) is 13.1. The first-order valence-corrected chi connectivity index (χ1v) is 18.0. The normalized spacial score (nSPS) is 18.2. The highest BCUT2D eigenvalue weighted by Gasteiger charge is 2.32. The Kier molecular flexibility index (Phi) is 15.9. The first-order valence-electron chi connectivity index (χ1n) is 17.0. The van der Waals surface area contributed by atoms with E-state index in [2.05, 4.69) is 27.4 Å². The summed E-state index contributed by atoms with van der Waals surface area (Å²) >= 11 is 1.57. The van der Waals surface area contributed by atoms with Crippen LogP contribution in [0.15, 0.2) is 60.0 Å². The van der Waals surface area contributed by atoms with Crippen LogP contribution in [0.25, 0.3) is 0 Å². The number of aromatic nitrogens is 3. The minimum atomic E-state index is -0.584. The molecule has 0 radical (unpaired) electrons. The summed E-state index contributed by atoms with van der Waals surface area (Å²) in [5.74, 6) is 0.736. The molecule has 0 bridgehead atoms. The number of rotatable bonds is 21. The van der Waals surface area contributed by atoms with Gasteiger partial charge in [-0.3, -0.25) is 9.89 Å². The molecule has 1 aromatic heterocycles. The van der Waals surface area contributed by atoms with Crippen molar-refractivity contribution in [1.29, 1.82) is 0 Å². The van der Waals surface area contributed by atoms with Gasteiger partial charge >= 0.3 is 0 Å². The van der Waals surface area contributed by atoms with E-state index >= 15 is 0 Å². The van der Waals surface area contributed by atoms with Gasteiger partial charge in [-0.05, 0) is 29.7 Å². The average molecular weight is 637 g/mol. The molecular weight excluding hydrogens is 584 g/mol. The zero-order valence-corrected chi connectivity index (χ0v) is 27.7. The molecule has 0 spiro atoms. The van der Waals surface area contributed by atoms with Crippen LogP contribution in [0.5, 0.6) is 0 Å². The number of benzene rings is 2. The summed E-state index contributed by atoms with van der Waals surface area (Å²) in [5.41, 5.74) is 3.51. The van der Waals surface area contributed by atoms with Crippen LogP contribution < -0.4 is 5.32 Å². The van der Waals surface area contributed by atoms with Gasteiger partial charge in [-0.1, -0.05) is 132 Å². The molecule has 45 heavy (non-hydrogen) atoms. The highest BCUT2D eigenvalue weighted by molar-refractivity contribution is 7.99. The molecule has 1 fully saturated rings. The molecule has 1 amide bonds. The fourth-order valence-corrected chi connectivity index (χ4v) is 6.55. The lowest BCUT2D eigenvalue weighted by Gasteiger charge is -2.36. The van der Waals surface area contributed by atoms with Gasteiger partial charge in [0.2, 0.25) is 5.91 Å². The van der Waals surface area contributed by atoms with Gasteiger partial charge in [0.25, 0.3) is 0 Å². The number of amides is 1. The van der Waals surface area contributed by atoms with Gasteiger partial charge in [0.1, 0.15) is 6.33 Å². The van der Waals surface area contributed by atoms with Crippen LogP contribution in [0.4, 0.5) is 5.69 Å². The lowest BCUT2D eigenvalue weighted by molar-refractivity contribution is -0.245. The molecular formula is C36H52N4O4S. The number of aromatic amines is 1. The van der Waals surface area contributed by atoms with Gasteiger partial charge in [0.05, 0.1) is 18.8 Å². The monoisotopic (exact) mass is 636 g/mol. The summed E-state index contributed by atoms with van der Waals surface area (Å²) in [5, 5.41) is 20.1. The third-order valence-electron chi connectivity index (χ3n) is 8.36. The van der Waals surface area contributed by atoms with Crippen molar-refractivity contribution in [2.24, 2.45) is 0 Å². The molecule has 246 valence electrons. The van der Waals surface area contributed by atoms with E-state index in [-0.39, 0.29) is 24.7 Å². The topological polar surface area (TPSA) is 109 Å². The van der Waals surface area contributed by atoms with Crippen molar-refractivity contribution in [2.75, 3.05) is 11.1 Å². The van der Waals surface area contributed by atoms with Gasteiger partial charge < -0.3 is 19.9 Å². The van der Waals surface area contributed by atoms with E-state index in [1.54, 1.807) is 11.8 Å². The number of ether oxygens (including phenoxy) is 2. The van der Waals surface area contributed by atoms with Crippen molar-refractivity contribution in [2.45, 2.75) is 133 Å². The maximum atomic E-state index is 12.7. The molecule has 1 saturated heterocycles. The molecule has 0 saturated carbocycles. The van der Waals surface area contributed by atoms with Crippen LogP contribution in [-0.2, 0) is 20.9 Å². The quantitative estimate of drug-likeness (QED) is 0.0790.